The minimum atomic E-state index is 0.480. The van der Waals surface area contributed by atoms with E-state index < -0.39 is 0 Å². The molecule has 1 aliphatic carbocycles. The smallest absolute Gasteiger partial charge is 0.0279 e. The van der Waals surface area contributed by atoms with Gasteiger partial charge in [0.1, 0.15) is 0 Å². The Kier molecular flexibility index (Phi) is 5.31. The molecular weight excluding hydrogens is 192 g/mol. The molecule has 1 aliphatic rings. The lowest BCUT2D eigenvalue weighted by Gasteiger charge is -2.32. The van der Waals surface area contributed by atoms with E-state index in [1.165, 1.54) is 38.5 Å². The molecule has 0 aromatic rings. The lowest BCUT2D eigenvalue weighted by Crippen LogP contribution is -2.21. The van der Waals surface area contributed by atoms with Crippen molar-refractivity contribution in [2.45, 2.75) is 66.2 Å². The van der Waals surface area contributed by atoms with Crippen molar-refractivity contribution >= 4 is 0 Å². The summed E-state index contributed by atoms with van der Waals surface area (Å²) in [6.07, 6.45) is 15.0. The predicted molar refractivity (Wildman–Crippen MR) is 73.5 cm³/mol. The Balaban J connectivity index is 2.38. The van der Waals surface area contributed by atoms with E-state index in [9.17, 15) is 0 Å². The Morgan fingerprint density at radius 1 is 1.38 bits per heavy atom. The summed E-state index contributed by atoms with van der Waals surface area (Å²) in [6.45, 7) is 9.36. The third kappa shape index (κ3) is 4.55. The maximum atomic E-state index is 2.46. The normalized spacial score (nSPS) is 22.5. The van der Waals surface area contributed by atoms with E-state index in [2.05, 4.69) is 45.9 Å². The molecule has 0 N–H and O–H groups in total. The molecule has 0 radical (unpaired) electrons. The molecule has 0 heterocycles. The second-order valence-corrected chi connectivity index (χ2v) is 6.16. The van der Waals surface area contributed by atoms with E-state index in [4.69, 9.17) is 0 Å². The van der Waals surface area contributed by atoms with Gasteiger partial charge < -0.3 is 0 Å². The molecule has 0 amide bonds. The van der Waals surface area contributed by atoms with Crippen LogP contribution in [0, 0.1) is 11.3 Å². The number of allylic oxidation sites excluding steroid dienone is 4. The number of hydrogen-bond donors (Lipinski definition) is 0. The molecule has 0 aromatic carbocycles. The maximum absolute atomic E-state index is 2.46. The second kappa shape index (κ2) is 6.27. The van der Waals surface area contributed by atoms with E-state index in [-0.39, 0.29) is 0 Å². The van der Waals surface area contributed by atoms with Gasteiger partial charge >= 0.3 is 0 Å². The van der Waals surface area contributed by atoms with Gasteiger partial charge in [-0.2, -0.15) is 0 Å². The van der Waals surface area contributed by atoms with Crippen molar-refractivity contribution in [3.05, 3.63) is 23.8 Å². The summed E-state index contributed by atoms with van der Waals surface area (Å²) >= 11 is 0. The molecule has 0 saturated carbocycles. The first-order valence-electron chi connectivity index (χ1n) is 6.89. The van der Waals surface area contributed by atoms with Crippen LogP contribution in [0.4, 0.5) is 0 Å². The zero-order valence-corrected chi connectivity index (χ0v) is 11.6. The van der Waals surface area contributed by atoms with Crippen molar-refractivity contribution in [1.82, 2.24) is 0 Å². The lowest BCUT2D eigenvalue weighted by atomic mass is 9.73. The van der Waals surface area contributed by atoms with Crippen LogP contribution < -0.4 is 0 Å². The fraction of sp³-hybridized carbons (Fsp3) is 0.750. The van der Waals surface area contributed by atoms with Crippen LogP contribution in [0.5, 0.6) is 0 Å². The third-order valence-electron chi connectivity index (χ3n) is 3.73. The highest BCUT2D eigenvalue weighted by atomic mass is 14.3. The minimum Gasteiger partial charge on any atom is -0.0843 e. The molecule has 1 atom stereocenters. The zero-order valence-electron chi connectivity index (χ0n) is 11.6. The fourth-order valence-corrected chi connectivity index (χ4v) is 2.35. The summed E-state index contributed by atoms with van der Waals surface area (Å²) in [5, 5.41) is 0. The van der Waals surface area contributed by atoms with Crippen molar-refractivity contribution in [1.29, 1.82) is 0 Å². The molecule has 1 rings (SSSR count). The summed E-state index contributed by atoms with van der Waals surface area (Å²) in [5.74, 6) is 0.875. The second-order valence-electron chi connectivity index (χ2n) is 6.16. The maximum Gasteiger partial charge on any atom is -0.0279 e. The van der Waals surface area contributed by atoms with Crippen molar-refractivity contribution in [3.8, 4) is 0 Å². The monoisotopic (exact) mass is 220 g/mol. The van der Waals surface area contributed by atoms with Crippen molar-refractivity contribution < 1.29 is 0 Å². The van der Waals surface area contributed by atoms with E-state index in [0.717, 1.165) is 5.92 Å². The van der Waals surface area contributed by atoms with Crippen LogP contribution in [0.3, 0.4) is 0 Å². The molecule has 0 heteroatoms. The van der Waals surface area contributed by atoms with E-state index in [1.807, 2.05) is 0 Å². The molecule has 16 heavy (non-hydrogen) atoms. The number of hydrogen-bond acceptors (Lipinski definition) is 0. The van der Waals surface area contributed by atoms with Gasteiger partial charge in [-0.05, 0) is 37.0 Å². The van der Waals surface area contributed by atoms with E-state index >= 15 is 0 Å². The summed E-state index contributed by atoms with van der Waals surface area (Å²) < 4.78 is 0. The average molecular weight is 220 g/mol. The van der Waals surface area contributed by atoms with Gasteiger partial charge in [0.25, 0.3) is 0 Å². The fourth-order valence-electron chi connectivity index (χ4n) is 2.35. The van der Waals surface area contributed by atoms with E-state index in [0.29, 0.717) is 5.41 Å². The zero-order chi connectivity index (χ0) is 12.0. The van der Waals surface area contributed by atoms with Crippen LogP contribution in [0.2, 0.25) is 0 Å². The van der Waals surface area contributed by atoms with Crippen LogP contribution in [0.1, 0.15) is 66.2 Å². The summed E-state index contributed by atoms with van der Waals surface area (Å²) in [5.41, 5.74) is 2.05. The van der Waals surface area contributed by atoms with Crippen molar-refractivity contribution in [2.24, 2.45) is 11.3 Å². The highest BCUT2D eigenvalue weighted by Gasteiger charge is 2.25. The number of unbranched alkanes of at least 4 members (excludes halogenated alkanes) is 2. The SMILES string of the molecule is CCCC/C=C/C1=CCC(C(C)(C)C)CC1. The van der Waals surface area contributed by atoms with Gasteiger partial charge in [-0.1, -0.05) is 64.3 Å². The standard InChI is InChI=1S/C16H28/c1-5-6-7-8-9-14-10-12-15(13-11-14)16(2,3)4/h8-10,15H,5-7,11-13H2,1-4H3/b9-8+. The van der Waals surface area contributed by atoms with Crippen LogP contribution in [0.25, 0.3) is 0 Å². The Morgan fingerprint density at radius 3 is 2.62 bits per heavy atom. The van der Waals surface area contributed by atoms with Gasteiger partial charge in [-0.3, -0.25) is 0 Å². The van der Waals surface area contributed by atoms with Crippen LogP contribution in [-0.4, -0.2) is 0 Å². The first-order valence-corrected chi connectivity index (χ1v) is 6.89. The highest BCUT2D eigenvalue weighted by molar-refractivity contribution is 5.21. The van der Waals surface area contributed by atoms with Crippen molar-refractivity contribution in [3.63, 3.8) is 0 Å². The molecule has 0 saturated heterocycles. The van der Waals surface area contributed by atoms with Gasteiger partial charge in [0, 0.05) is 0 Å². The van der Waals surface area contributed by atoms with Gasteiger partial charge in [0.2, 0.25) is 0 Å². The molecule has 0 fully saturated rings. The molecule has 0 aromatic heterocycles. The lowest BCUT2D eigenvalue weighted by molar-refractivity contribution is 0.221. The van der Waals surface area contributed by atoms with Gasteiger partial charge in [0.05, 0.1) is 0 Å². The van der Waals surface area contributed by atoms with Gasteiger partial charge in [-0.15, -0.1) is 0 Å². The Labute approximate surface area is 102 Å². The van der Waals surface area contributed by atoms with Gasteiger partial charge in [-0.25, -0.2) is 0 Å². The quantitative estimate of drug-likeness (QED) is 0.548. The largest absolute Gasteiger partial charge is 0.0843 e. The molecule has 0 nitrogen and oxygen atoms in total. The summed E-state index contributed by atoms with van der Waals surface area (Å²) in [4.78, 5) is 0. The molecule has 1 unspecified atom stereocenters. The first-order chi connectivity index (χ1) is 7.54. The molecule has 0 aliphatic heterocycles. The van der Waals surface area contributed by atoms with Crippen LogP contribution >= 0.6 is 0 Å². The van der Waals surface area contributed by atoms with Crippen molar-refractivity contribution in [2.75, 3.05) is 0 Å². The van der Waals surface area contributed by atoms with E-state index in [1.54, 1.807) is 5.57 Å². The Bertz CT molecular complexity index is 250. The van der Waals surface area contributed by atoms with Gasteiger partial charge in [0.15, 0.2) is 0 Å². The summed E-state index contributed by atoms with van der Waals surface area (Å²) in [7, 11) is 0. The Morgan fingerprint density at radius 2 is 2.12 bits per heavy atom. The Hall–Kier alpha value is -0.520. The van der Waals surface area contributed by atoms with Crippen LogP contribution in [-0.2, 0) is 0 Å². The predicted octanol–water partition coefficient (Wildman–Crippen LogP) is 5.51. The minimum absolute atomic E-state index is 0.480. The number of rotatable bonds is 4. The molecular formula is C16H28. The molecule has 0 bridgehead atoms. The van der Waals surface area contributed by atoms with Crippen LogP contribution in [0.15, 0.2) is 23.8 Å². The molecule has 0 spiro atoms. The highest BCUT2D eigenvalue weighted by Crippen LogP contribution is 2.37. The third-order valence-corrected chi connectivity index (χ3v) is 3.73. The molecule has 92 valence electrons. The first kappa shape index (κ1) is 13.5. The summed E-state index contributed by atoms with van der Waals surface area (Å²) in [6, 6.07) is 0. The topological polar surface area (TPSA) is 0 Å². The average Bonchev–Trinajstić information content (AvgIpc) is 2.24.